The lowest BCUT2D eigenvalue weighted by Crippen LogP contribution is -2.56. The zero-order valence-corrected chi connectivity index (χ0v) is 14.9. The van der Waals surface area contributed by atoms with Crippen LogP contribution in [0.25, 0.3) is 0 Å². The molecule has 1 atom stereocenters. The van der Waals surface area contributed by atoms with Gasteiger partial charge in [-0.1, -0.05) is 18.9 Å². The summed E-state index contributed by atoms with van der Waals surface area (Å²) in [5.41, 5.74) is 0.889. The maximum absolute atomic E-state index is 13.3. The zero-order valence-electron chi connectivity index (χ0n) is 14.9. The van der Waals surface area contributed by atoms with E-state index in [0.717, 1.165) is 37.1 Å². The van der Waals surface area contributed by atoms with Gasteiger partial charge in [-0.15, -0.1) is 0 Å². The van der Waals surface area contributed by atoms with Crippen molar-refractivity contribution < 1.29 is 14.0 Å². The Balaban J connectivity index is 1.37. The number of nitrogens with zero attached hydrogens (tertiary/aromatic N) is 4. The van der Waals surface area contributed by atoms with Crippen LogP contribution in [0.15, 0.2) is 18.3 Å². The Morgan fingerprint density at radius 2 is 1.85 bits per heavy atom. The fourth-order valence-corrected chi connectivity index (χ4v) is 4.25. The summed E-state index contributed by atoms with van der Waals surface area (Å²) in [5.74, 6) is -0.00631. The number of anilines is 1. The summed E-state index contributed by atoms with van der Waals surface area (Å²) < 4.78 is 13.3. The van der Waals surface area contributed by atoms with Gasteiger partial charge in [0.1, 0.15) is 12.0 Å². The Morgan fingerprint density at radius 1 is 1.04 bits per heavy atom. The zero-order chi connectivity index (χ0) is 18.1. The third-order valence-electron chi connectivity index (χ3n) is 5.74. The van der Waals surface area contributed by atoms with Crippen LogP contribution in [0.5, 0.6) is 0 Å². The smallest absolute Gasteiger partial charge is 0.312 e. The molecule has 4 rings (SSSR count). The maximum atomic E-state index is 13.3. The number of hydrogen-bond donors (Lipinski definition) is 0. The van der Waals surface area contributed by atoms with Crippen LogP contribution in [0.4, 0.5) is 10.2 Å². The van der Waals surface area contributed by atoms with Gasteiger partial charge >= 0.3 is 11.8 Å². The average Bonchev–Trinajstić information content (AvgIpc) is 3.32. The summed E-state index contributed by atoms with van der Waals surface area (Å²) in [6, 6.07) is 4.03. The van der Waals surface area contributed by atoms with Crippen molar-refractivity contribution in [1.29, 1.82) is 0 Å². The number of aromatic nitrogens is 1. The van der Waals surface area contributed by atoms with Gasteiger partial charge in [0.2, 0.25) is 0 Å². The lowest BCUT2D eigenvalue weighted by molar-refractivity contribution is -0.158. The molecule has 0 aromatic carbocycles. The van der Waals surface area contributed by atoms with Crippen LogP contribution in [0.3, 0.4) is 0 Å². The van der Waals surface area contributed by atoms with E-state index in [1.807, 2.05) is 17.0 Å². The van der Waals surface area contributed by atoms with Gasteiger partial charge in [0, 0.05) is 38.4 Å². The topological polar surface area (TPSA) is 56.8 Å². The third kappa shape index (κ3) is 3.39. The van der Waals surface area contributed by atoms with Crippen LogP contribution in [-0.4, -0.2) is 65.0 Å². The monoisotopic (exact) mass is 360 g/mol. The summed E-state index contributed by atoms with van der Waals surface area (Å²) in [6.45, 7) is 2.65. The van der Waals surface area contributed by atoms with Gasteiger partial charge in [0.15, 0.2) is 0 Å². The van der Waals surface area contributed by atoms with Crippen molar-refractivity contribution in [2.24, 2.45) is 0 Å². The quantitative estimate of drug-likeness (QED) is 0.768. The molecule has 2 aliphatic heterocycles. The van der Waals surface area contributed by atoms with E-state index in [1.54, 1.807) is 16.0 Å². The van der Waals surface area contributed by atoms with E-state index < -0.39 is 12.1 Å². The molecule has 1 aromatic heterocycles. The van der Waals surface area contributed by atoms with Crippen molar-refractivity contribution in [1.82, 2.24) is 14.8 Å². The molecule has 0 N–H and O–H groups in total. The van der Waals surface area contributed by atoms with Crippen molar-refractivity contribution in [2.45, 2.75) is 50.9 Å². The van der Waals surface area contributed by atoms with Gasteiger partial charge in [0.05, 0.1) is 6.54 Å². The third-order valence-corrected chi connectivity index (χ3v) is 5.74. The molecule has 1 saturated carbocycles. The van der Waals surface area contributed by atoms with Crippen molar-refractivity contribution in [3.63, 3.8) is 0 Å². The lowest BCUT2D eigenvalue weighted by Gasteiger charge is -2.37. The van der Waals surface area contributed by atoms with Crippen LogP contribution >= 0.6 is 0 Å². The van der Waals surface area contributed by atoms with E-state index in [9.17, 15) is 14.0 Å². The second-order valence-electron chi connectivity index (χ2n) is 7.52. The molecule has 2 saturated heterocycles. The molecule has 0 spiro atoms. The Bertz CT molecular complexity index is 675. The van der Waals surface area contributed by atoms with E-state index in [0.29, 0.717) is 39.1 Å². The Kier molecular flexibility index (Phi) is 4.78. The average molecular weight is 360 g/mol. The molecule has 1 aliphatic carbocycles. The van der Waals surface area contributed by atoms with E-state index in [-0.39, 0.29) is 11.9 Å². The Hall–Kier alpha value is -2.18. The second kappa shape index (κ2) is 7.21. The molecule has 3 heterocycles. The van der Waals surface area contributed by atoms with Crippen molar-refractivity contribution in [2.75, 3.05) is 31.1 Å². The number of hydrogen-bond acceptors (Lipinski definition) is 4. The number of piperazine rings is 1. The molecule has 1 aromatic rings. The molecule has 3 fully saturated rings. The lowest BCUT2D eigenvalue weighted by atomic mass is 10.1. The van der Waals surface area contributed by atoms with Gasteiger partial charge in [0.25, 0.3) is 0 Å². The van der Waals surface area contributed by atoms with Crippen LogP contribution in [0.2, 0.25) is 0 Å². The van der Waals surface area contributed by atoms with Gasteiger partial charge in [-0.2, -0.15) is 0 Å². The number of amides is 2. The van der Waals surface area contributed by atoms with Crippen LogP contribution < -0.4 is 4.90 Å². The van der Waals surface area contributed by atoms with E-state index in [2.05, 4.69) is 4.98 Å². The fraction of sp³-hybridized carbons (Fsp3) is 0.632. The fourth-order valence-electron chi connectivity index (χ4n) is 4.25. The molecule has 1 unspecified atom stereocenters. The van der Waals surface area contributed by atoms with Gasteiger partial charge in [-0.25, -0.2) is 9.37 Å². The molecule has 2 amide bonds. The largest absolute Gasteiger partial charge is 0.354 e. The number of carbonyl (C=O) groups is 2. The highest BCUT2D eigenvalue weighted by Gasteiger charge is 2.37. The molecular weight excluding hydrogens is 335 g/mol. The van der Waals surface area contributed by atoms with Crippen molar-refractivity contribution in [3.8, 4) is 0 Å². The normalized spacial score (nSPS) is 24.8. The van der Waals surface area contributed by atoms with Crippen LogP contribution in [0, 0.1) is 0 Å². The minimum atomic E-state index is -0.781. The van der Waals surface area contributed by atoms with Gasteiger partial charge in [-0.3, -0.25) is 9.59 Å². The molecule has 26 heavy (non-hydrogen) atoms. The molecule has 3 aliphatic rings. The summed E-state index contributed by atoms with van der Waals surface area (Å²) in [4.78, 5) is 34.6. The minimum Gasteiger partial charge on any atom is -0.354 e. The number of rotatable bonds is 4. The number of pyridine rings is 1. The van der Waals surface area contributed by atoms with Crippen molar-refractivity contribution >= 4 is 17.6 Å². The standard InChI is InChI=1S/C19H25FN4O2/c20-15-7-8-22(13-15)17-6-5-14(11-21-17)12-23-9-10-24(19(26)18(23)25)16-3-1-2-4-16/h5-6,11,15-16H,1-4,7-10,12-13H2. The molecule has 6 nitrogen and oxygen atoms in total. The minimum absolute atomic E-state index is 0.245. The predicted molar refractivity (Wildman–Crippen MR) is 95.3 cm³/mol. The van der Waals surface area contributed by atoms with Crippen LogP contribution in [0.1, 0.15) is 37.7 Å². The Morgan fingerprint density at radius 3 is 2.50 bits per heavy atom. The second-order valence-corrected chi connectivity index (χ2v) is 7.52. The van der Waals surface area contributed by atoms with Gasteiger partial charge in [-0.05, 0) is 30.9 Å². The molecule has 0 radical (unpaired) electrons. The first kappa shape index (κ1) is 17.2. The molecular formula is C19H25FN4O2. The summed E-state index contributed by atoms with van der Waals surface area (Å²) in [5, 5.41) is 0. The van der Waals surface area contributed by atoms with E-state index in [4.69, 9.17) is 0 Å². The van der Waals surface area contributed by atoms with E-state index >= 15 is 0 Å². The SMILES string of the molecule is O=C1C(=O)N(C2CCCC2)CCN1Cc1ccc(N2CCC(F)C2)nc1. The van der Waals surface area contributed by atoms with Gasteiger partial charge < -0.3 is 14.7 Å². The number of alkyl halides is 1. The number of carbonyl (C=O) groups excluding carboxylic acids is 2. The molecule has 0 bridgehead atoms. The predicted octanol–water partition coefficient (Wildman–Crippen LogP) is 1.74. The highest BCUT2D eigenvalue weighted by molar-refractivity contribution is 6.35. The first-order valence-electron chi connectivity index (χ1n) is 9.55. The number of halogens is 1. The van der Waals surface area contributed by atoms with Crippen molar-refractivity contribution in [3.05, 3.63) is 23.9 Å². The molecule has 140 valence electrons. The first-order chi connectivity index (χ1) is 12.6. The van der Waals surface area contributed by atoms with Crippen LogP contribution in [-0.2, 0) is 16.1 Å². The maximum Gasteiger partial charge on any atom is 0.312 e. The summed E-state index contributed by atoms with van der Waals surface area (Å²) >= 11 is 0. The van der Waals surface area contributed by atoms with E-state index in [1.165, 1.54) is 0 Å². The first-order valence-corrected chi connectivity index (χ1v) is 9.55. The summed E-state index contributed by atoms with van der Waals surface area (Å²) in [7, 11) is 0. The molecule has 7 heteroatoms. The highest BCUT2D eigenvalue weighted by atomic mass is 19.1. The highest BCUT2D eigenvalue weighted by Crippen LogP contribution is 2.26. The summed E-state index contributed by atoms with van der Waals surface area (Å²) in [6.07, 6.45) is 5.81. The Labute approximate surface area is 153 Å².